The highest BCUT2D eigenvalue weighted by Gasteiger charge is 2.26. The van der Waals surface area contributed by atoms with Crippen molar-refractivity contribution in [2.45, 2.75) is 25.4 Å². The van der Waals surface area contributed by atoms with Gasteiger partial charge in [0.25, 0.3) is 0 Å². The number of carbonyl (C=O) groups is 1. The average Bonchev–Trinajstić information content (AvgIpc) is 2.99. The molecule has 140 valence electrons. The van der Waals surface area contributed by atoms with Gasteiger partial charge in [0.05, 0.1) is 18.4 Å². The van der Waals surface area contributed by atoms with Crippen LogP contribution in [0.2, 0.25) is 0 Å². The van der Waals surface area contributed by atoms with Crippen LogP contribution in [0, 0.1) is 11.8 Å². The minimum atomic E-state index is 0.121. The van der Waals surface area contributed by atoms with Crippen molar-refractivity contribution in [3.8, 4) is 17.1 Å². The van der Waals surface area contributed by atoms with Crippen molar-refractivity contribution in [1.82, 2.24) is 19.8 Å². The summed E-state index contributed by atoms with van der Waals surface area (Å²) in [6.07, 6.45) is 1.18. The predicted octanol–water partition coefficient (Wildman–Crippen LogP) is 2.26. The van der Waals surface area contributed by atoms with E-state index in [9.17, 15) is 4.79 Å². The number of benzene rings is 1. The van der Waals surface area contributed by atoms with Crippen LogP contribution in [0.15, 0.2) is 29.4 Å². The third-order valence-corrected chi connectivity index (χ3v) is 5.49. The lowest BCUT2D eigenvalue weighted by molar-refractivity contribution is -0.130. The number of rotatable bonds is 5. The molecule has 2 N–H and O–H groups in total. The zero-order valence-electron chi connectivity index (χ0n) is 15.4. The van der Waals surface area contributed by atoms with Gasteiger partial charge in [0.2, 0.25) is 11.1 Å². The number of nitrogen functional groups attached to an aromatic ring is 1. The van der Waals surface area contributed by atoms with E-state index in [1.165, 1.54) is 22.9 Å². The molecule has 7 nitrogen and oxygen atoms in total. The van der Waals surface area contributed by atoms with Gasteiger partial charge in [-0.05, 0) is 30.4 Å². The van der Waals surface area contributed by atoms with Crippen LogP contribution < -0.4 is 10.6 Å². The zero-order valence-corrected chi connectivity index (χ0v) is 16.2. The Kier molecular flexibility index (Phi) is 5.70. The van der Waals surface area contributed by atoms with Gasteiger partial charge in [-0.25, -0.2) is 4.68 Å². The number of carbonyl (C=O) groups excluding carboxylic acids is 1. The van der Waals surface area contributed by atoms with Crippen LogP contribution in [0.25, 0.3) is 11.4 Å². The lowest BCUT2D eigenvalue weighted by atomic mass is 9.92. The number of nitrogens with two attached hydrogens (primary N) is 1. The number of ether oxygens (including phenoxy) is 1. The smallest absolute Gasteiger partial charge is 0.233 e. The molecule has 2 atom stereocenters. The zero-order chi connectivity index (χ0) is 18.7. The molecular formula is C18H25N5O2S. The molecule has 0 spiro atoms. The van der Waals surface area contributed by atoms with E-state index in [-0.39, 0.29) is 5.91 Å². The van der Waals surface area contributed by atoms with E-state index >= 15 is 0 Å². The van der Waals surface area contributed by atoms with Crippen LogP contribution in [0.1, 0.15) is 20.3 Å². The molecule has 1 aromatic heterocycles. The molecule has 2 heterocycles. The van der Waals surface area contributed by atoms with Crippen molar-refractivity contribution < 1.29 is 9.53 Å². The van der Waals surface area contributed by atoms with E-state index in [1.54, 1.807) is 7.11 Å². The number of piperidine rings is 1. The van der Waals surface area contributed by atoms with E-state index in [2.05, 4.69) is 24.0 Å². The first-order valence-electron chi connectivity index (χ1n) is 8.74. The first-order chi connectivity index (χ1) is 12.5. The maximum absolute atomic E-state index is 12.5. The summed E-state index contributed by atoms with van der Waals surface area (Å²) in [7, 11) is 1.60. The van der Waals surface area contributed by atoms with Gasteiger partial charge < -0.3 is 15.5 Å². The molecule has 0 radical (unpaired) electrons. The van der Waals surface area contributed by atoms with Crippen molar-refractivity contribution in [1.29, 1.82) is 0 Å². The predicted molar refractivity (Wildman–Crippen MR) is 102 cm³/mol. The molecule has 1 amide bonds. The maximum atomic E-state index is 12.5. The highest BCUT2D eigenvalue weighted by atomic mass is 32.2. The molecule has 0 saturated carbocycles. The second-order valence-electron chi connectivity index (χ2n) is 6.91. The fraction of sp³-hybridized carbons (Fsp3) is 0.500. The van der Waals surface area contributed by atoms with Crippen molar-refractivity contribution in [3.05, 3.63) is 24.3 Å². The number of thioether (sulfide) groups is 1. The lowest BCUT2D eigenvalue weighted by Crippen LogP contribution is -2.43. The summed E-state index contributed by atoms with van der Waals surface area (Å²) >= 11 is 1.31. The largest absolute Gasteiger partial charge is 0.496 e. The summed E-state index contributed by atoms with van der Waals surface area (Å²) in [6.45, 7) is 6.04. The summed E-state index contributed by atoms with van der Waals surface area (Å²) in [5, 5.41) is 8.82. The Hall–Kier alpha value is -2.22. The van der Waals surface area contributed by atoms with E-state index in [4.69, 9.17) is 10.6 Å². The molecule has 1 aromatic carbocycles. The highest BCUT2D eigenvalue weighted by molar-refractivity contribution is 7.99. The number of hydrogen-bond acceptors (Lipinski definition) is 6. The Morgan fingerprint density at radius 1 is 1.27 bits per heavy atom. The fourth-order valence-electron chi connectivity index (χ4n) is 3.47. The molecule has 0 bridgehead atoms. The maximum Gasteiger partial charge on any atom is 0.233 e. The number of likely N-dealkylation sites (tertiary alicyclic amines) is 1. The van der Waals surface area contributed by atoms with Crippen LogP contribution >= 0.6 is 11.8 Å². The Labute approximate surface area is 157 Å². The summed E-state index contributed by atoms with van der Waals surface area (Å²) < 4.78 is 6.77. The summed E-state index contributed by atoms with van der Waals surface area (Å²) in [6, 6.07) is 7.50. The molecule has 0 aliphatic carbocycles. The Morgan fingerprint density at radius 2 is 1.96 bits per heavy atom. The number of para-hydroxylation sites is 1. The minimum absolute atomic E-state index is 0.121. The van der Waals surface area contributed by atoms with Gasteiger partial charge in [-0.2, -0.15) is 0 Å². The first-order valence-corrected chi connectivity index (χ1v) is 9.72. The molecule has 8 heteroatoms. The molecule has 1 aliphatic heterocycles. The van der Waals surface area contributed by atoms with Crippen LogP contribution in [-0.2, 0) is 4.79 Å². The number of amides is 1. The molecule has 2 aromatic rings. The van der Waals surface area contributed by atoms with Crippen molar-refractivity contribution in [2.75, 3.05) is 31.8 Å². The fourth-order valence-corrected chi connectivity index (χ4v) is 4.23. The molecule has 1 saturated heterocycles. The van der Waals surface area contributed by atoms with Gasteiger partial charge in [0.15, 0.2) is 5.82 Å². The summed E-state index contributed by atoms with van der Waals surface area (Å²) in [5.74, 6) is 8.86. The van der Waals surface area contributed by atoms with Gasteiger partial charge in [0.1, 0.15) is 5.75 Å². The van der Waals surface area contributed by atoms with Crippen LogP contribution in [0.5, 0.6) is 5.75 Å². The van der Waals surface area contributed by atoms with Gasteiger partial charge in [-0.15, -0.1) is 10.2 Å². The third-order valence-electron chi connectivity index (χ3n) is 4.56. The average molecular weight is 375 g/mol. The third kappa shape index (κ3) is 3.95. The van der Waals surface area contributed by atoms with Crippen molar-refractivity contribution in [2.24, 2.45) is 11.8 Å². The van der Waals surface area contributed by atoms with Crippen molar-refractivity contribution in [3.63, 3.8) is 0 Å². The standard InChI is InChI=1S/C18H25N5O2S/c1-12-8-13(2)10-22(9-12)16(24)11-26-18-21-20-17(23(18)19)14-6-4-5-7-15(14)25-3/h4-7,12-13H,8-11,19H2,1-3H3/t12-,13+. The highest BCUT2D eigenvalue weighted by Crippen LogP contribution is 2.29. The number of nitrogens with zero attached hydrogens (tertiary/aromatic N) is 4. The number of aromatic nitrogens is 3. The summed E-state index contributed by atoms with van der Waals surface area (Å²) in [5.41, 5.74) is 0.766. The molecular weight excluding hydrogens is 350 g/mol. The van der Waals surface area contributed by atoms with Crippen LogP contribution in [0.4, 0.5) is 0 Å². The van der Waals surface area contributed by atoms with Crippen LogP contribution in [-0.4, -0.2) is 51.6 Å². The number of methoxy groups -OCH3 is 1. The Bertz CT molecular complexity index is 769. The first kappa shape index (κ1) is 18.6. The second kappa shape index (κ2) is 7.99. The summed E-state index contributed by atoms with van der Waals surface area (Å²) in [4.78, 5) is 14.5. The monoisotopic (exact) mass is 375 g/mol. The van der Waals surface area contributed by atoms with E-state index < -0.39 is 0 Å². The molecule has 1 fully saturated rings. The van der Waals surface area contributed by atoms with E-state index in [0.717, 1.165) is 18.7 Å². The SMILES string of the molecule is COc1ccccc1-c1nnc(SCC(=O)N2C[C@H](C)C[C@H](C)C2)n1N. The normalized spacial score (nSPS) is 20.2. The second-order valence-corrected chi connectivity index (χ2v) is 7.85. The van der Waals surface area contributed by atoms with Gasteiger partial charge in [0, 0.05) is 13.1 Å². The molecule has 0 unspecified atom stereocenters. The Morgan fingerprint density at radius 3 is 2.65 bits per heavy atom. The van der Waals surface area contributed by atoms with Gasteiger partial charge in [-0.1, -0.05) is 37.7 Å². The quantitative estimate of drug-likeness (QED) is 0.637. The topological polar surface area (TPSA) is 86.3 Å². The number of hydrogen-bond donors (Lipinski definition) is 1. The minimum Gasteiger partial charge on any atom is -0.496 e. The van der Waals surface area contributed by atoms with Crippen LogP contribution in [0.3, 0.4) is 0 Å². The molecule has 3 rings (SSSR count). The molecule has 1 aliphatic rings. The van der Waals surface area contributed by atoms with E-state index in [1.807, 2.05) is 29.2 Å². The lowest BCUT2D eigenvalue weighted by Gasteiger charge is -2.34. The van der Waals surface area contributed by atoms with E-state index in [0.29, 0.717) is 34.3 Å². The van der Waals surface area contributed by atoms with Gasteiger partial charge >= 0.3 is 0 Å². The Balaban J connectivity index is 1.68. The molecule has 26 heavy (non-hydrogen) atoms. The van der Waals surface area contributed by atoms with Gasteiger partial charge in [-0.3, -0.25) is 4.79 Å². The van der Waals surface area contributed by atoms with Crippen molar-refractivity contribution >= 4 is 17.7 Å².